The number of hydrogen-bond acceptors (Lipinski definition) is 5. The molecule has 6 nitrogen and oxygen atoms in total. The third kappa shape index (κ3) is 2.77. The predicted octanol–water partition coefficient (Wildman–Crippen LogP) is 3.02. The fourth-order valence-electron chi connectivity index (χ4n) is 2.60. The van der Waals surface area contributed by atoms with Crippen LogP contribution in [-0.2, 0) is 0 Å². The van der Waals surface area contributed by atoms with Crippen LogP contribution in [0.5, 0.6) is 0 Å². The highest BCUT2D eigenvalue weighted by Crippen LogP contribution is 2.40. The zero-order valence-corrected chi connectivity index (χ0v) is 11.6. The van der Waals surface area contributed by atoms with E-state index in [1.54, 1.807) is 13.1 Å². The van der Waals surface area contributed by atoms with E-state index in [9.17, 15) is 10.1 Å². The third-order valence-corrected chi connectivity index (χ3v) is 3.89. The first-order valence-electron chi connectivity index (χ1n) is 6.54. The molecule has 1 fully saturated rings. The number of nitrogens with zero attached hydrogens (tertiary/aromatic N) is 2. The van der Waals surface area contributed by atoms with Crippen LogP contribution in [0.1, 0.15) is 33.1 Å². The van der Waals surface area contributed by atoms with Gasteiger partial charge < -0.3 is 10.6 Å². The van der Waals surface area contributed by atoms with Crippen LogP contribution in [0.25, 0.3) is 0 Å². The molecule has 2 N–H and O–H groups in total. The molecule has 0 bridgehead atoms. The van der Waals surface area contributed by atoms with E-state index in [-0.39, 0.29) is 17.1 Å². The van der Waals surface area contributed by atoms with Crippen molar-refractivity contribution in [3.05, 3.63) is 22.2 Å². The molecule has 0 saturated heterocycles. The molecule has 1 aromatic heterocycles. The fraction of sp³-hybridized carbons (Fsp3) is 0.615. The lowest BCUT2D eigenvalue weighted by Gasteiger charge is -2.28. The standard InChI is InChI=1S/C13H20N4O2/c1-13(2)8-4-5-10(13)15-12-9(17(18)19)6-7-11(14-3)16-12/h6-7,10H,4-5,8H2,1-3H3,(H2,14,15,16). The fourth-order valence-corrected chi connectivity index (χ4v) is 2.60. The molecule has 1 aromatic rings. The lowest BCUT2D eigenvalue weighted by molar-refractivity contribution is -0.384. The minimum Gasteiger partial charge on any atom is -0.373 e. The summed E-state index contributed by atoms with van der Waals surface area (Å²) in [5, 5.41) is 17.2. The number of rotatable bonds is 4. The molecule has 0 aliphatic heterocycles. The number of nitro groups is 1. The van der Waals surface area contributed by atoms with Gasteiger partial charge in [0.1, 0.15) is 5.82 Å². The molecule has 0 aromatic carbocycles. The van der Waals surface area contributed by atoms with Gasteiger partial charge in [-0.2, -0.15) is 0 Å². The van der Waals surface area contributed by atoms with Crippen molar-refractivity contribution in [1.29, 1.82) is 0 Å². The molecule has 2 rings (SSSR count). The highest BCUT2D eigenvalue weighted by molar-refractivity contribution is 5.60. The van der Waals surface area contributed by atoms with Gasteiger partial charge in [-0.25, -0.2) is 4.98 Å². The van der Waals surface area contributed by atoms with E-state index < -0.39 is 4.92 Å². The van der Waals surface area contributed by atoms with Crippen molar-refractivity contribution in [2.45, 2.75) is 39.2 Å². The lowest BCUT2D eigenvalue weighted by Crippen LogP contribution is -2.31. The molecule has 1 saturated carbocycles. The van der Waals surface area contributed by atoms with Gasteiger partial charge in [0, 0.05) is 19.2 Å². The van der Waals surface area contributed by atoms with Gasteiger partial charge in [-0.15, -0.1) is 0 Å². The van der Waals surface area contributed by atoms with E-state index in [1.807, 2.05) is 0 Å². The van der Waals surface area contributed by atoms with E-state index in [0.717, 1.165) is 19.3 Å². The highest BCUT2D eigenvalue weighted by atomic mass is 16.6. The highest BCUT2D eigenvalue weighted by Gasteiger charge is 2.35. The Hall–Kier alpha value is -1.85. The van der Waals surface area contributed by atoms with Crippen LogP contribution in [0.15, 0.2) is 12.1 Å². The molecule has 1 heterocycles. The maximum Gasteiger partial charge on any atom is 0.311 e. The molecule has 1 aliphatic rings. The van der Waals surface area contributed by atoms with Crippen LogP contribution in [0, 0.1) is 15.5 Å². The quantitative estimate of drug-likeness (QED) is 0.645. The molecule has 19 heavy (non-hydrogen) atoms. The van der Waals surface area contributed by atoms with Crippen LogP contribution in [0.4, 0.5) is 17.3 Å². The van der Waals surface area contributed by atoms with Crippen LogP contribution < -0.4 is 10.6 Å². The minimum atomic E-state index is -0.392. The van der Waals surface area contributed by atoms with E-state index in [4.69, 9.17) is 0 Å². The largest absolute Gasteiger partial charge is 0.373 e. The predicted molar refractivity (Wildman–Crippen MR) is 75.5 cm³/mol. The summed E-state index contributed by atoms with van der Waals surface area (Å²) in [5.41, 5.74) is 0.173. The van der Waals surface area contributed by atoms with Crippen molar-refractivity contribution < 1.29 is 4.92 Å². The van der Waals surface area contributed by atoms with Gasteiger partial charge in [0.15, 0.2) is 0 Å². The van der Waals surface area contributed by atoms with Gasteiger partial charge in [-0.1, -0.05) is 20.3 Å². The molecule has 1 aliphatic carbocycles. The van der Waals surface area contributed by atoms with Crippen LogP contribution in [-0.4, -0.2) is 23.0 Å². The van der Waals surface area contributed by atoms with Crippen molar-refractivity contribution in [2.75, 3.05) is 17.7 Å². The van der Waals surface area contributed by atoms with Crippen molar-refractivity contribution in [3.8, 4) is 0 Å². The number of hydrogen-bond donors (Lipinski definition) is 2. The monoisotopic (exact) mass is 264 g/mol. The Morgan fingerprint density at radius 2 is 2.21 bits per heavy atom. The van der Waals surface area contributed by atoms with Crippen LogP contribution in [0.3, 0.4) is 0 Å². The summed E-state index contributed by atoms with van der Waals surface area (Å²) in [5.74, 6) is 0.987. The molecule has 0 amide bonds. The van der Waals surface area contributed by atoms with Crippen LogP contribution in [0.2, 0.25) is 0 Å². The maximum absolute atomic E-state index is 11.1. The summed E-state index contributed by atoms with van der Waals surface area (Å²) < 4.78 is 0. The Balaban J connectivity index is 2.29. The first-order chi connectivity index (χ1) is 8.94. The average Bonchev–Trinajstić information content (AvgIpc) is 2.68. The molecular formula is C13H20N4O2. The number of aromatic nitrogens is 1. The normalized spacial score (nSPS) is 21.1. The first kappa shape index (κ1) is 13.6. The SMILES string of the molecule is CNc1ccc([N+](=O)[O-])c(NC2CCCC2(C)C)n1. The summed E-state index contributed by atoms with van der Waals surface area (Å²) in [4.78, 5) is 14.9. The summed E-state index contributed by atoms with van der Waals surface area (Å²) in [6.45, 7) is 4.37. The van der Waals surface area contributed by atoms with Crippen molar-refractivity contribution in [3.63, 3.8) is 0 Å². The zero-order chi connectivity index (χ0) is 14.0. The Morgan fingerprint density at radius 1 is 1.47 bits per heavy atom. The summed E-state index contributed by atoms with van der Waals surface area (Å²) in [6.07, 6.45) is 3.30. The van der Waals surface area contributed by atoms with Crippen molar-refractivity contribution in [1.82, 2.24) is 4.98 Å². The smallest absolute Gasteiger partial charge is 0.311 e. The molecule has 104 valence electrons. The first-order valence-corrected chi connectivity index (χ1v) is 6.54. The van der Waals surface area contributed by atoms with Gasteiger partial charge in [-0.05, 0) is 24.3 Å². The van der Waals surface area contributed by atoms with E-state index >= 15 is 0 Å². The molecule has 6 heteroatoms. The second kappa shape index (κ2) is 5.03. The van der Waals surface area contributed by atoms with E-state index in [0.29, 0.717) is 11.6 Å². The topological polar surface area (TPSA) is 80.1 Å². The number of nitrogens with one attached hydrogen (secondary N) is 2. The van der Waals surface area contributed by atoms with Gasteiger partial charge in [0.05, 0.1) is 4.92 Å². The maximum atomic E-state index is 11.1. The molecule has 0 spiro atoms. The molecule has 0 radical (unpaired) electrons. The minimum absolute atomic E-state index is 0.0294. The Morgan fingerprint density at radius 3 is 2.74 bits per heavy atom. The third-order valence-electron chi connectivity index (χ3n) is 3.89. The number of pyridine rings is 1. The Labute approximate surface area is 112 Å². The van der Waals surface area contributed by atoms with E-state index in [1.165, 1.54) is 6.07 Å². The van der Waals surface area contributed by atoms with Crippen molar-refractivity contribution >= 4 is 17.3 Å². The van der Waals surface area contributed by atoms with Crippen molar-refractivity contribution in [2.24, 2.45) is 5.41 Å². The second-order valence-electron chi connectivity index (χ2n) is 5.65. The van der Waals surface area contributed by atoms with Crippen LogP contribution >= 0.6 is 0 Å². The average molecular weight is 264 g/mol. The van der Waals surface area contributed by atoms with E-state index in [2.05, 4.69) is 29.5 Å². The summed E-state index contributed by atoms with van der Waals surface area (Å²) in [6, 6.07) is 3.33. The van der Waals surface area contributed by atoms with Gasteiger partial charge in [0.25, 0.3) is 0 Å². The zero-order valence-electron chi connectivity index (χ0n) is 11.6. The van der Waals surface area contributed by atoms with Gasteiger partial charge in [-0.3, -0.25) is 10.1 Å². The Bertz CT molecular complexity index is 488. The second-order valence-corrected chi connectivity index (χ2v) is 5.65. The molecular weight excluding hydrogens is 244 g/mol. The summed E-state index contributed by atoms with van der Waals surface area (Å²) in [7, 11) is 1.75. The summed E-state index contributed by atoms with van der Waals surface area (Å²) >= 11 is 0. The van der Waals surface area contributed by atoms with Gasteiger partial charge >= 0.3 is 5.69 Å². The Kier molecular flexibility index (Phi) is 3.59. The lowest BCUT2D eigenvalue weighted by atomic mass is 9.87. The molecule has 1 unspecified atom stereocenters. The number of anilines is 2. The van der Waals surface area contributed by atoms with Gasteiger partial charge in [0.2, 0.25) is 5.82 Å². The molecule has 1 atom stereocenters.